The minimum Gasteiger partial charge on any atom is -0.308 e. The Morgan fingerprint density at radius 2 is 0.695 bits per heavy atom. The van der Waals surface area contributed by atoms with Crippen molar-refractivity contribution in [3.63, 3.8) is 0 Å². The van der Waals surface area contributed by atoms with Gasteiger partial charge in [0.15, 0.2) is 0 Å². The smallest absolute Gasteiger partial charge is 0.308 e. The molecule has 2 rings (SSSR count). The van der Waals surface area contributed by atoms with Crippen LogP contribution in [0, 0.1) is 0 Å². The first-order valence-electron chi connectivity index (χ1n) is 22.3. The van der Waals surface area contributed by atoms with Gasteiger partial charge in [0.05, 0.1) is 52.0 Å². The molecule has 5 unspecified atom stereocenters. The summed E-state index contributed by atoms with van der Waals surface area (Å²) in [4.78, 5) is 0. The number of hydrogen-bond acceptors (Lipinski definition) is 5. The summed E-state index contributed by atoms with van der Waals surface area (Å²) in [5.74, 6) is -46.9. The van der Waals surface area contributed by atoms with Crippen molar-refractivity contribution in [2.24, 2.45) is 0 Å². The van der Waals surface area contributed by atoms with Gasteiger partial charge in [-0.2, -0.15) is 149 Å². The Hall–Kier alpha value is -2.86. The molecule has 0 aliphatic carbocycles. The fourth-order valence-corrected chi connectivity index (χ4v) is 5.67. The van der Waals surface area contributed by atoms with Gasteiger partial charge in [0, 0.05) is 55.9 Å². The maximum Gasteiger partial charge on any atom is 0.454 e. The molecule has 0 spiro atoms. The van der Waals surface area contributed by atoms with Crippen molar-refractivity contribution in [3.8, 4) is 0 Å². The second-order valence-electron chi connectivity index (χ2n) is 18.7. The molecule has 5 nitrogen and oxygen atoms in total. The zero-order chi connectivity index (χ0) is 66.6. The maximum atomic E-state index is 13.3. The number of nitrogens with one attached hydrogen (secondary N) is 5. The van der Waals surface area contributed by atoms with E-state index >= 15 is 0 Å². The summed E-state index contributed by atoms with van der Waals surface area (Å²) in [5.41, 5.74) is 0. The van der Waals surface area contributed by atoms with Crippen LogP contribution in [0.15, 0.2) is 0 Å². The summed E-state index contributed by atoms with van der Waals surface area (Å²) in [6.45, 7) is -1.90. The summed E-state index contributed by atoms with van der Waals surface area (Å²) in [7, 11) is 0. The van der Waals surface area contributed by atoms with Crippen molar-refractivity contribution in [1.29, 1.82) is 0 Å². The molecule has 498 valence electrons. The molecule has 2 aliphatic rings. The number of halogens is 38. The van der Waals surface area contributed by atoms with Gasteiger partial charge < -0.3 is 26.6 Å². The summed E-state index contributed by atoms with van der Waals surface area (Å²) in [5, 5.41) is 9.12. The number of alkyl halides is 38. The summed E-state index contributed by atoms with van der Waals surface area (Å²) in [6.07, 6.45) is -45.8. The first-order valence-corrected chi connectivity index (χ1v) is 22.3. The van der Waals surface area contributed by atoms with E-state index in [0.29, 0.717) is 13.8 Å². The highest BCUT2D eigenvalue weighted by Crippen LogP contribution is 2.46. The van der Waals surface area contributed by atoms with Gasteiger partial charge in [-0.05, 0) is 41.0 Å². The van der Waals surface area contributed by atoms with E-state index in [0.717, 1.165) is 6.92 Å². The van der Waals surface area contributed by atoms with Crippen LogP contribution in [0.25, 0.3) is 0 Å². The van der Waals surface area contributed by atoms with Crippen LogP contribution in [0.1, 0.15) is 86.0 Å². The van der Waals surface area contributed by atoms with Gasteiger partial charge in [-0.25, -0.2) is 17.6 Å². The van der Waals surface area contributed by atoms with Crippen molar-refractivity contribution in [2.45, 2.75) is 212 Å². The lowest BCUT2D eigenvalue weighted by Crippen LogP contribution is -2.57. The molecular formula is C39H51F38N5. The SMILES string of the molecule is CC(CC(F)(F)C(F)(F)F)NCC(F)(F)C(F)(F)F.CC(CC(F)(F)CC(F)(F)C(F)(F)F)NCC(F)(F)CC(F)(F)C(F)(F)F.CC(CC(F)(F)F)NCC(F)(F)F.CC1CC(F)(F)C(F)(F)CN1.CC1CCC(F)(F)C(F)(F)CN1. The fraction of sp³-hybridized carbons (Fsp3) is 1.00. The zero-order valence-corrected chi connectivity index (χ0v) is 41.9. The molecule has 2 fully saturated rings. The van der Waals surface area contributed by atoms with Crippen LogP contribution in [-0.2, 0) is 0 Å². The van der Waals surface area contributed by atoms with Crippen LogP contribution < -0.4 is 26.6 Å². The molecule has 0 saturated carbocycles. The fourth-order valence-electron chi connectivity index (χ4n) is 5.67. The third kappa shape index (κ3) is 31.5. The largest absolute Gasteiger partial charge is 0.454 e. The Balaban J connectivity index is -0.000000994. The Labute approximate surface area is 439 Å². The normalized spacial score (nSPS) is 21.5. The Morgan fingerprint density at radius 1 is 0.366 bits per heavy atom. The average Bonchev–Trinajstić information content (AvgIpc) is 3.28. The highest BCUT2D eigenvalue weighted by Gasteiger charge is 2.64. The minimum atomic E-state index is -6.29. The van der Waals surface area contributed by atoms with E-state index in [2.05, 4.69) is 10.6 Å². The van der Waals surface area contributed by atoms with Crippen LogP contribution in [0.2, 0.25) is 0 Å². The molecular weight excluding hydrogens is 1260 g/mol. The molecule has 5 atom stereocenters. The lowest BCUT2D eigenvalue weighted by atomic mass is 9.99. The van der Waals surface area contributed by atoms with Crippen molar-refractivity contribution in [2.75, 3.05) is 32.7 Å². The molecule has 82 heavy (non-hydrogen) atoms. The lowest BCUT2D eigenvalue weighted by molar-refractivity contribution is -0.301. The van der Waals surface area contributed by atoms with Gasteiger partial charge in [0.1, 0.15) is 0 Å². The van der Waals surface area contributed by atoms with Crippen molar-refractivity contribution >= 4 is 0 Å². The van der Waals surface area contributed by atoms with E-state index in [4.69, 9.17) is 0 Å². The first kappa shape index (κ1) is 83.4. The molecule has 2 heterocycles. The Kier molecular flexibility index (Phi) is 29.7. The molecule has 43 heteroatoms. The van der Waals surface area contributed by atoms with Gasteiger partial charge in [0.25, 0.3) is 11.8 Å². The summed E-state index contributed by atoms with van der Waals surface area (Å²) >= 11 is 0. The molecule has 0 bridgehead atoms. The minimum absolute atomic E-state index is 0.0859. The van der Waals surface area contributed by atoms with Gasteiger partial charge in [-0.3, -0.25) is 0 Å². The average molecular weight is 1310 g/mol. The van der Waals surface area contributed by atoms with Crippen molar-refractivity contribution in [3.05, 3.63) is 0 Å². The van der Waals surface area contributed by atoms with Crippen LogP contribution in [0.5, 0.6) is 0 Å². The standard InChI is InChI=1S/C12H13F14N.C8H9F10N.C7H11F4N.C6H9F6N.C6H9F4N/c1-6(2-7(13,14)3-9(17,18)11(21,22)23)27-5-8(15,16)4-10(19,20)12(24,25)26;1-4(2-5(9,10)7(13,14)15)19-3-6(11,12)8(16,17)18;1-5-2-3-6(8,9)7(10,11)4-12-5;1-4(2-5(7,8)9)13-3-6(10,11)12;1-4-2-5(7,8)6(9,10)3-11-4/h6,27H,2-5H2,1H3;4,19H,2-3H2,1H3;5,12H,2-4H2,1H3;4,13H,2-3H2,1H3;4,11H,2-3H2,1H3. The number of rotatable bonds is 17. The third-order valence-corrected chi connectivity index (χ3v) is 10.2. The monoisotopic (exact) mass is 1310 g/mol. The van der Waals surface area contributed by atoms with Crippen molar-refractivity contribution in [1.82, 2.24) is 26.6 Å². The van der Waals surface area contributed by atoms with Crippen LogP contribution in [0.4, 0.5) is 167 Å². The predicted octanol–water partition coefficient (Wildman–Crippen LogP) is 15.7. The second-order valence-corrected chi connectivity index (χ2v) is 18.7. The van der Waals surface area contributed by atoms with Gasteiger partial charge in [-0.15, -0.1) is 0 Å². The quantitative estimate of drug-likeness (QED) is 0.0940. The van der Waals surface area contributed by atoms with E-state index in [1.165, 1.54) is 17.6 Å². The van der Waals surface area contributed by atoms with Crippen LogP contribution >= 0.6 is 0 Å². The topological polar surface area (TPSA) is 60.1 Å². The molecule has 2 saturated heterocycles. The summed E-state index contributed by atoms with van der Waals surface area (Å²) in [6, 6.07) is -5.81. The first-order chi connectivity index (χ1) is 35.4. The van der Waals surface area contributed by atoms with E-state index in [-0.39, 0.29) is 12.5 Å². The number of hydrogen-bond donors (Lipinski definition) is 5. The highest BCUT2D eigenvalue weighted by molar-refractivity contribution is 4.95. The van der Waals surface area contributed by atoms with E-state index < -0.39 is 198 Å². The molecule has 0 amide bonds. The van der Waals surface area contributed by atoms with E-state index in [9.17, 15) is 167 Å². The predicted molar refractivity (Wildman–Crippen MR) is 210 cm³/mol. The van der Waals surface area contributed by atoms with Gasteiger partial charge >= 0.3 is 84.4 Å². The van der Waals surface area contributed by atoms with Gasteiger partial charge in [0.2, 0.25) is 0 Å². The third-order valence-electron chi connectivity index (χ3n) is 10.2. The Morgan fingerprint density at radius 3 is 1.06 bits per heavy atom. The van der Waals surface area contributed by atoms with E-state index in [1.807, 2.05) is 0 Å². The van der Waals surface area contributed by atoms with Gasteiger partial charge in [-0.1, -0.05) is 0 Å². The summed E-state index contributed by atoms with van der Waals surface area (Å²) < 4.78 is 464. The second kappa shape index (κ2) is 29.2. The molecule has 0 aromatic rings. The lowest BCUT2D eigenvalue weighted by Gasteiger charge is -2.34. The molecule has 0 aromatic carbocycles. The van der Waals surface area contributed by atoms with Crippen molar-refractivity contribution < 1.29 is 167 Å². The maximum absolute atomic E-state index is 13.3. The highest BCUT2D eigenvalue weighted by atomic mass is 19.5. The van der Waals surface area contributed by atoms with E-state index in [1.54, 1.807) is 12.2 Å². The molecule has 5 N–H and O–H groups in total. The molecule has 0 radical (unpaired) electrons. The molecule has 0 aromatic heterocycles. The van der Waals surface area contributed by atoms with Crippen LogP contribution in [0.3, 0.4) is 0 Å². The number of piperidine rings is 1. The Bertz CT molecular complexity index is 1800. The molecule has 2 aliphatic heterocycles. The zero-order valence-electron chi connectivity index (χ0n) is 41.9. The van der Waals surface area contributed by atoms with Crippen LogP contribution in [-0.4, -0.2) is 159 Å².